The molecule has 1 aromatic heterocycles. The van der Waals surface area contributed by atoms with Crippen molar-refractivity contribution in [1.29, 1.82) is 0 Å². The molecule has 0 saturated heterocycles. The first-order valence-corrected chi connectivity index (χ1v) is 7.07. The van der Waals surface area contributed by atoms with Crippen molar-refractivity contribution in [1.82, 2.24) is 4.98 Å². The minimum absolute atomic E-state index is 0.138. The van der Waals surface area contributed by atoms with Gasteiger partial charge in [-0.15, -0.1) is 0 Å². The molecule has 0 saturated carbocycles. The van der Waals surface area contributed by atoms with E-state index in [1.165, 1.54) is 6.20 Å². The Hall–Kier alpha value is -1.71. The zero-order valence-electron chi connectivity index (χ0n) is 12.0. The highest BCUT2D eigenvalue weighted by molar-refractivity contribution is 5.71. The quantitative estimate of drug-likeness (QED) is 0.788. The van der Waals surface area contributed by atoms with Crippen LogP contribution < -0.4 is 0 Å². The van der Waals surface area contributed by atoms with Gasteiger partial charge in [-0.1, -0.05) is 6.08 Å². The lowest BCUT2D eigenvalue weighted by atomic mass is 9.84. The average Bonchev–Trinajstić information content (AvgIpc) is 2.40. The standard InChI is InChI=1S/C16H20FNO2/c1-3-20-15(19)8-12-4-6-13(7-5-12)16-11(2)9-18-10-14(16)17/h6,9-10,12H,3-5,7-8H2,1-2H3. The molecule has 0 fully saturated rings. The number of esters is 1. The van der Waals surface area contributed by atoms with E-state index in [4.69, 9.17) is 4.74 Å². The molecule has 2 rings (SSSR count). The van der Waals surface area contributed by atoms with Crippen LogP contribution in [0.25, 0.3) is 5.57 Å². The number of ether oxygens (including phenoxy) is 1. The average molecular weight is 277 g/mol. The molecule has 1 atom stereocenters. The Labute approximate surface area is 118 Å². The molecule has 20 heavy (non-hydrogen) atoms. The highest BCUT2D eigenvalue weighted by Crippen LogP contribution is 2.34. The van der Waals surface area contributed by atoms with Gasteiger partial charge in [-0.3, -0.25) is 9.78 Å². The van der Waals surface area contributed by atoms with Crippen molar-refractivity contribution in [3.8, 4) is 0 Å². The van der Waals surface area contributed by atoms with Crippen LogP contribution in [-0.2, 0) is 9.53 Å². The molecule has 0 spiro atoms. The molecular weight excluding hydrogens is 257 g/mol. The van der Waals surface area contributed by atoms with Gasteiger partial charge >= 0.3 is 5.97 Å². The summed E-state index contributed by atoms with van der Waals surface area (Å²) in [6, 6.07) is 0. The van der Waals surface area contributed by atoms with Crippen LogP contribution in [0.2, 0.25) is 0 Å². The van der Waals surface area contributed by atoms with Gasteiger partial charge in [0, 0.05) is 18.2 Å². The Balaban J connectivity index is 2.04. The highest BCUT2D eigenvalue weighted by atomic mass is 19.1. The van der Waals surface area contributed by atoms with E-state index in [0.29, 0.717) is 24.5 Å². The lowest BCUT2D eigenvalue weighted by Gasteiger charge is -2.22. The number of aromatic nitrogens is 1. The fourth-order valence-electron chi connectivity index (χ4n) is 2.70. The molecule has 0 aliphatic heterocycles. The number of allylic oxidation sites excluding steroid dienone is 2. The van der Waals surface area contributed by atoms with Crippen molar-refractivity contribution in [2.75, 3.05) is 6.61 Å². The molecule has 1 aromatic rings. The molecule has 3 nitrogen and oxygen atoms in total. The van der Waals surface area contributed by atoms with Crippen LogP contribution in [0.1, 0.15) is 43.7 Å². The summed E-state index contributed by atoms with van der Waals surface area (Å²) in [6.07, 6.45) is 7.94. The fourth-order valence-corrected chi connectivity index (χ4v) is 2.70. The van der Waals surface area contributed by atoms with Crippen molar-refractivity contribution < 1.29 is 13.9 Å². The van der Waals surface area contributed by atoms with Crippen LogP contribution >= 0.6 is 0 Å². The van der Waals surface area contributed by atoms with E-state index in [1.54, 1.807) is 6.20 Å². The maximum absolute atomic E-state index is 13.9. The molecule has 1 aliphatic carbocycles. The monoisotopic (exact) mass is 277 g/mol. The van der Waals surface area contributed by atoms with Gasteiger partial charge in [-0.2, -0.15) is 0 Å². The topological polar surface area (TPSA) is 39.2 Å². The molecule has 1 aliphatic rings. The second kappa shape index (κ2) is 6.64. The molecule has 0 radical (unpaired) electrons. The van der Waals surface area contributed by atoms with E-state index in [-0.39, 0.29) is 11.8 Å². The predicted molar refractivity (Wildman–Crippen MR) is 75.5 cm³/mol. The maximum Gasteiger partial charge on any atom is 0.306 e. The van der Waals surface area contributed by atoms with Gasteiger partial charge in [0.25, 0.3) is 0 Å². The number of carbonyl (C=O) groups is 1. The number of carbonyl (C=O) groups excluding carboxylic acids is 1. The van der Waals surface area contributed by atoms with Crippen molar-refractivity contribution in [3.05, 3.63) is 35.4 Å². The Morgan fingerprint density at radius 3 is 2.90 bits per heavy atom. The van der Waals surface area contributed by atoms with E-state index >= 15 is 0 Å². The van der Waals surface area contributed by atoms with Crippen molar-refractivity contribution in [2.45, 2.75) is 39.5 Å². The third-order valence-electron chi connectivity index (χ3n) is 3.69. The fraction of sp³-hybridized carbons (Fsp3) is 0.500. The van der Waals surface area contributed by atoms with Gasteiger partial charge in [0.1, 0.15) is 5.82 Å². The number of rotatable bonds is 4. The van der Waals surface area contributed by atoms with Crippen molar-refractivity contribution in [3.63, 3.8) is 0 Å². The lowest BCUT2D eigenvalue weighted by Crippen LogP contribution is -2.14. The first kappa shape index (κ1) is 14.7. The van der Waals surface area contributed by atoms with Gasteiger partial charge in [0.05, 0.1) is 12.8 Å². The minimum Gasteiger partial charge on any atom is -0.466 e. The van der Waals surface area contributed by atoms with Gasteiger partial charge < -0.3 is 4.74 Å². The summed E-state index contributed by atoms with van der Waals surface area (Å²) in [5.74, 6) is -0.0938. The normalized spacial score (nSPS) is 18.6. The summed E-state index contributed by atoms with van der Waals surface area (Å²) in [6.45, 7) is 4.11. The largest absolute Gasteiger partial charge is 0.466 e. The molecule has 1 unspecified atom stereocenters. The number of aryl methyl sites for hydroxylation is 1. The summed E-state index contributed by atoms with van der Waals surface area (Å²) in [5.41, 5.74) is 2.57. The van der Waals surface area contributed by atoms with E-state index in [1.807, 2.05) is 13.8 Å². The van der Waals surface area contributed by atoms with Gasteiger partial charge in [-0.25, -0.2) is 4.39 Å². The predicted octanol–water partition coefficient (Wildman–Crippen LogP) is 3.67. The summed E-state index contributed by atoms with van der Waals surface area (Å²) in [7, 11) is 0. The smallest absolute Gasteiger partial charge is 0.306 e. The molecule has 1 heterocycles. The number of hydrogen-bond donors (Lipinski definition) is 0. The second-order valence-electron chi connectivity index (χ2n) is 5.19. The van der Waals surface area contributed by atoms with Crippen molar-refractivity contribution in [2.24, 2.45) is 5.92 Å². The van der Waals surface area contributed by atoms with Crippen molar-refractivity contribution >= 4 is 11.5 Å². The summed E-state index contributed by atoms with van der Waals surface area (Å²) >= 11 is 0. The van der Waals surface area contributed by atoms with E-state index in [2.05, 4.69) is 11.1 Å². The molecule has 108 valence electrons. The Kier molecular flexibility index (Phi) is 4.88. The first-order valence-electron chi connectivity index (χ1n) is 7.07. The zero-order valence-corrected chi connectivity index (χ0v) is 12.0. The Bertz CT molecular complexity index is 505. The zero-order chi connectivity index (χ0) is 14.5. The van der Waals surface area contributed by atoms with Crippen LogP contribution in [0.15, 0.2) is 18.5 Å². The van der Waals surface area contributed by atoms with Gasteiger partial charge in [-0.05, 0) is 50.2 Å². The van der Waals surface area contributed by atoms with E-state index in [0.717, 1.165) is 30.4 Å². The van der Waals surface area contributed by atoms with Gasteiger partial charge in [0.15, 0.2) is 0 Å². The summed E-state index contributed by atoms with van der Waals surface area (Å²) in [4.78, 5) is 15.3. The Morgan fingerprint density at radius 2 is 2.30 bits per heavy atom. The van der Waals surface area contributed by atoms with Crippen LogP contribution in [0, 0.1) is 18.7 Å². The van der Waals surface area contributed by atoms with Crippen LogP contribution in [0.3, 0.4) is 0 Å². The summed E-state index contributed by atoms with van der Waals surface area (Å²) < 4.78 is 18.8. The van der Waals surface area contributed by atoms with Crippen LogP contribution in [0.5, 0.6) is 0 Å². The number of nitrogens with zero attached hydrogens (tertiary/aromatic N) is 1. The van der Waals surface area contributed by atoms with Crippen LogP contribution in [0.4, 0.5) is 4.39 Å². The maximum atomic E-state index is 13.9. The number of pyridine rings is 1. The molecular formula is C16H20FNO2. The SMILES string of the molecule is CCOC(=O)CC1CC=C(c2c(C)cncc2F)CC1. The second-order valence-corrected chi connectivity index (χ2v) is 5.19. The molecule has 4 heteroatoms. The molecule has 0 N–H and O–H groups in total. The molecule has 0 amide bonds. The highest BCUT2D eigenvalue weighted by Gasteiger charge is 2.21. The molecule has 0 aromatic carbocycles. The van der Waals surface area contributed by atoms with E-state index < -0.39 is 0 Å². The van der Waals surface area contributed by atoms with Gasteiger partial charge in [0.2, 0.25) is 0 Å². The van der Waals surface area contributed by atoms with E-state index in [9.17, 15) is 9.18 Å². The minimum atomic E-state index is -0.264. The summed E-state index contributed by atoms with van der Waals surface area (Å²) in [5, 5.41) is 0. The third-order valence-corrected chi connectivity index (χ3v) is 3.69. The lowest BCUT2D eigenvalue weighted by molar-refractivity contribution is -0.144. The Morgan fingerprint density at radius 1 is 1.50 bits per heavy atom. The number of halogens is 1. The third kappa shape index (κ3) is 3.44. The van der Waals surface area contributed by atoms with Crippen LogP contribution in [-0.4, -0.2) is 17.6 Å². The molecule has 0 bridgehead atoms. The number of hydrogen-bond acceptors (Lipinski definition) is 3. The first-order chi connectivity index (χ1) is 9.61.